The van der Waals surface area contributed by atoms with Crippen molar-refractivity contribution in [2.45, 2.75) is 24.8 Å². The number of piperidine rings is 1. The van der Waals surface area contributed by atoms with Crippen molar-refractivity contribution in [2.24, 2.45) is 5.92 Å². The number of nitrogens with zero attached hydrogens (tertiary/aromatic N) is 3. The molecule has 29 heavy (non-hydrogen) atoms. The fourth-order valence-electron chi connectivity index (χ4n) is 3.56. The summed E-state index contributed by atoms with van der Waals surface area (Å²) in [7, 11) is 0. The smallest absolute Gasteiger partial charge is 0.259 e. The molecule has 0 N–H and O–H groups in total. The number of pyridine rings is 1. The van der Waals surface area contributed by atoms with Crippen molar-refractivity contribution < 1.29 is 9.32 Å². The Morgan fingerprint density at radius 1 is 1.21 bits per heavy atom. The number of carbonyl (C=O) groups excluding carboxylic acids is 1. The average molecular weight is 428 g/mol. The van der Waals surface area contributed by atoms with E-state index in [1.165, 1.54) is 0 Å². The third-order valence-electron chi connectivity index (χ3n) is 5.21. The molecule has 0 spiro atoms. The summed E-state index contributed by atoms with van der Waals surface area (Å²) in [6.07, 6.45) is 3.79. The Morgan fingerprint density at radius 3 is 2.69 bits per heavy atom. The molecule has 3 heterocycles. The quantitative estimate of drug-likeness (QED) is 0.514. The highest BCUT2D eigenvalue weighted by molar-refractivity contribution is 7.99. The molecule has 1 aliphatic heterocycles. The van der Waals surface area contributed by atoms with Gasteiger partial charge < -0.3 is 9.42 Å². The molecular weight excluding hydrogens is 406 g/mol. The van der Waals surface area contributed by atoms with Crippen molar-refractivity contribution >= 4 is 29.3 Å². The van der Waals surface area contributed by atoms with Gasteiger partial charge in [0.25, 0.3) is 5.91 Å². The van der Waals surface area contributed by atoms with Gasteiger partial charge in [0.1, 0.15) is 17.0 Å². The topological polar surface area (TPSA) is 59.2 Å². The van der Waals surface area contributed by atoms with Gasteiger partial charge in [-0.25, -0.2) is 4.98 Å². The number of hydrogen-bond donors (Lipinski definition) is 0. The van der Waals surface area contributed by atoms with E-state index in [9.17, 15) is 4.79 Å². The molecule has 0 atom stereocenters. The van der Waals surface area contributed by atoms with E-state index in [4.69, 9.17) is 16.1 Å². The molecule has 0 aliphatic carbocycles. The lowest BCUT2D eigenvalue weighted by Crippen LogP contribution is -2.39. The highest BCUT2D eigenvalue weighted by Crippen LogP contribution is 2.33. The van der Waals surface area contributed by atoms with Crippen LogP contribution in [0.25, 0.3) is 11.3 Å². The predicted octanol–water partition coefficient (Wildman–Crippen LogP) is 5.34. The van der Waals surface area contributed by atoms with Crippen LogP contribution in [0.5, 0.6) is 0 Å². The second-order valence-corrected chi connectivity index (χ2v) is 8.60. The molecule has 0 bridgehead atoms. The second-order valence-electron chi connectivity index (χ2n) is 7.16. The molecule has 1 saturated heterocycles. The highest BCUT2D eigenvalue weighted by atomic mass is 35.5. The van der Waals surface area contributed by atoms with Gasteiger partial charge in [-0.15, -0.1) is 11.8 Å². The predicted molar refractivity (Wildman–Crippen MR) is 115 cm³/mol. The van der Waals surface area contributed by atoms with Gasteiger partial charge in [0.2, 0.25) is 0 Å². The van der Waals surface area contributed by atoms with Crippen LogP contribution >= 0.6 is 23.4 Å². The van der Waals surface area contributed by atoms with Crippen LogP contribution in [0.4, 0.5) is 0 Å². The summed E-state index contributed by atoms with van der Waals surface area (Å²) in [6.45, 7) is 3.24. The van der Waals surface area contributed by atoms with Crippen LogP contribution in [0.15, 0.2) is 58.2 Å². The van der Waals surface area contributed by atoms with Gasteiger partial charge in [-0.3, -0.25) is 4.79 Å². The van der Waals surface area contributed by atoms with Gasteiger partial charge in [-0.2, -0.15) is 0 Å². The first kappa shape index (κ1) is 20.0. The number of carbonyl (C=O) groups is 1. The number of aromatic nitrogens is 2. The summed E-state index contributed by atoms with van der Waals surface area (Å²) in [5.41, 5.74) is 1.75. The Morgan fingerprint density at radius 2 is 1.97 bits per heavy atom. The van der Waals surface area contributed by atoms with Crippen molar-refractivity contribution in [3.05, 3.63) is 65.0 Å². The van der Waals surface area contributed by atoms with Gasteiger partial charge in [0.05, 0.1) is 10.0 Å². The Kier molecular flexibility index (Phi) is 6.21. The first-order valence-electron chi connectivity index (χ1n) is 9.67. The normalized spacial score (nSPS) is 14.9. The van der Waals surface area contributed by atoms with Crippen molar-refractivity contribution in [1.29, 1.82) is 0 Å². The van der Waals surface area contributed by atoms with E-state index in [1.807, 2.05) is 47.5 Å². The Bertz CT molecular complexity index is 985. The number of halogens is 1. The van der Waals surface area contributed by atoms with Crippen LogP contribution in [-0.2, 0) is 0 Å². The zero-order valence-corrected chi connectivity index (χ0v) is 17.7. The van der Waals surface area contributed by atoms with Gasteiger partial charge in [-0.1, -0.05) is 41.0 Å². The molecule has 0 radical (unpaired) electrons. The van der Waals surface area contributed by atoms with Crippen LogP contribution in [0.3, 0.4) is 0 Å². The van der Waals surface area contributed by atoms with Crippen molar-refractivity contribution in [2.75, 3.05) is 18.8 Å². The maximum absolute atomic E-state index is 13.2. The van der Waals surface area contributed by atoms with Gasteiger partial charge in [-0.05, 0) is 43.9 Å². The number of amides is 1. The number of hydrogen-bond acceptors (Lipinski definition) is 5. The monoisotopic (exact) mass is 427 g/mol. The highest BCUT2D eigenvalue weighted by Gasteiger charge is 2.29. The minimum absolute atomic E-state index is 0.0329. The summed E-state index contributed by atoms with van der Waals surface area (Å²) in [4.78, 5) is 19.5. The maximum Gasteiger partial charge on any atom is 0.259 e. The molecule has 1 aliphatic rings. The molecule has 3 aromatic rings. The Hall–Kier alpha value is -2.31. The van der Waals surface area contributed by atoms with Crippen molar-refractivity contribution in [1.82, 2.24) is 15.0 Å². The number of benzene rings is 1. The van der Waals surface area contributed by atoms with E-state index in [0.717, 1.165) is 42.3 Å². The van der Waals surface area contributed by atoms with Crippen LogP contribution in [0.1, 0.15) is 29.0 Å². The minimum atomic E-state index is -0.0329. The van der Waals surface area contributed by atoms with Gasteiger partial charge in [0.15, 0.2) is 0 Å². The first-order chi connectivity index (χ1) is 14.1. The van der Waals surface area contributed by atoms with Crippen LogP contribution in [0.2, 0.25) is 5.02 Å². The average Bonchev–Trinajstić information content (AvgIpc) is 3.14. The summed E-state index contributed by atoms with van der Waals surface area (Å²) in [5.74, 6) is 2.10. The number of aryl methyl sites for hydroxylation is 1. The van der Waals surface area contributed by atoms with E-state index >= 15 is 0 Å². The third-order valence-corrected chi connectivity index (χ3v) is 6.72. The molecule has 1 amide bonds. The molecule has 5 nitrogen and oxygen atoms in total. The van der Waals surface area contributed by atoms with E-state index in [0.29, 0.717) is 28.0 Å². The Labute approximate surface area is 179 Å². The third kappa shape index (κ3) is 4.49. The summed E-state index contributed by atoms with van der Waals surface area (Å²) in [6, 6.07) is 13.4. The van der Waals surface area contributed by atoms with Gasteiger partial charge >= 0.3 is 0 Å². The van der Waals surface area contributed by atoms with E-state index in [-0.39, 0.29) is 5.91 Å². The lowest BCUT2D eigenvalue weighted by molar-refractivity contribution is 0.0697. The molecule has 1 fully saturated rings. The fraction of sp³-hybridized carbons (Fsp3) is 0.318. The van der Waals surface area contributed by atoms with Crippen LogP contribution < -0.4 is 0 Å². The summed E-state index contributed by atoms with van der Waals surface area (Å²) < 4.78 is 5.36. The van der Waals surface area contributed by atoms with E-state index < -0.39 is 0 Å². The number of likely N-dealkylation sites (tertiary alicyclic amines) is 1. The molecule has 0 unspecified atom stereocenters. The molecule has 150 valence electrons. The van der Waals surface area contributed by atoms with E-state index in [2.05, 4.69) is 10.1 Å². The summed E-state index contributed by atoms with van der Waals surface area (Å²) in [5, 5.41) is 5.73. The zero-order chi connectivity index (χ0) is 20.2. The lowest BCUT2D eigenvalue weighted by Gasteiger charge is -2.31. The lowest BCUT2D eigenvalue weighted by atomic mass is 9.97. The van der Waals surface area contributed by atoms with Crippen molar-refractivity contribution in [3.63, 3.8) is 0 Å². The Balaban J connectivity index is 1.42. The zero-order valence-electron chi connectivity index (χ0n) is 16.2. The summed E-state index contributed by atoms with van der Waals surface area (Å²) >= 11 is 8.10. The second kappa shape index (κ2) is 9.01. The minimum Gasteiger partial charge on any atom is -0.360 e. The molecule has 2 aromatic heterocycles. The van der Waals surface area contributed by atoms with Crippen LogP contribution in [0, 0.1) is 12.8 Å². The number of rotatable bonds is 5. The molecule has 1 aromatic carbocycles. The standard InChI is InChI=1S/C22H22ClN3O2S/c1-15-20(21(25-28-15)17-6-2-3-7-18(17)23)22(27)26-12-9-16(10-13-26)14-29-19-8-4-5-11-24-19/h2-8,11,16H,9-10,12-14H2,1H3. The molecule has 4 rings (SSSR count). The molecule has 0 saturated carbocycles. The molecule has 7 heteroatoms. The largest absolute Gasteiger partial charge is 0.360 e. The number of thioether (sulfide) groups is 1. The van der Waals surface area contributed by atoms with Crippen LogP contribution in [-0.4, -0.2) is 39.8 Å². The fourth-order valence-corrected chi connectivity index (χ4v) is 4.83. The van der Waals surface area contributed by atoms with Crippen molar-refractivity contribution in [3.8, 4) is 11.3 Å². The maximum atomic E-state index is 13.2. The van der Waals surface area contributed by atoms with E-state index in [1.54, 1.807) is 24.8 Å². The SMILES string of the molecule is Cc1onc(-c2ccccc2Cl)c1C(=O)N1CCC(CSc2ccccn2)CC1. The first-order valence-corrected chi connectivity index (χ1v) is 11.0. The van der Waals surface area contributed by atoms with Gasteiger partial charge in [0, 0.05) is 30.6 Å². The molecular formula is C22H22ClN3O2S.